The predicted molar refractivity (Wildman–Crippen MR) is 82.2 cm³/mol. The molecule has 0 radical (unpaired) electrons. The largest absolute Gasteiger partial charge is 0.353 e. The van der Waals surface area contributed by atoms with Gasteiger partial charge in [-0.2, -0.15) is 0 Å². The molecule has 0 aromatic carbocycles. The van der Waals surface area contributed by atoms with Crippen molar-refractivity contribution in [1.82, 2.24) is 15.6 Å². The number of aromatic nitrogens is 1. The van der Waals surface area contributed by atoms with E-state index in [9.17, 15) is 9.59 Å². The van der Waals surface area contributed by atoms with E-state index in [1.54, 1.807) is 6.20 Å². The zero-order chi connectivity index (χ0) is 15.2. The van der Waals surface area contributed by atoms with Gasteiger partial charge in [0, 0.05) is 36.1 Å². The van der Waals surface area contributed by atoms with Crippen LogP contribution in [0.15, 0.2) is 6.20 Å². The highest BCUT2D eigenvalue weighted by Crippen LogP contribution is 2.20. The summed E-state index contributed by atoms with van der Waals surface area (Å²) in [6.45, 7) is 2.31. The maximum atomic E-state index is 12.0. The van der Waals surface area contributed by atoms with Crippen LogP contribution in [0, 0.1) is 6.92 Å². The number of hydrogen-bond acceptors (Lipinski definition) is 5. The second-order valence-electron chi connectivity index (χ2n) is 5.40. The number of amides is 2. The highest BCUT2D eigenvalue weighted by Gasteiger charge is 2.24. The molecule has 21 heavy (non-hydrogen) atoms. The van der Waals surface area contributed by atoms with Crippen molar-refractivity contribution >= 4 is 23.2 Å². The molecule has 1 aliphatic rings. The quantitative estimate of drug-likeness (QED) is 0.754. The third-order valence-corrected chi connectivity index (χ3v) is 4.53. The Morgan fingerprint density at radius 1 is 1.29 bits per heavy atom. The van der Waals surface area contributed by atoms with Crippen LogP contribution in [0.25, 0.3) is 0 Å². The molecule has 0 bridgehead atoms. The van der Waals surface area contributed by atoms with Crippen molar-refractivity contribution < 1.29 is 9.59 Å². The molecule has 116 valence electrons. The van der Waals surface area contributed by atoms with Crippen molar-refractivity contribution in [3.8, 4) is 0 Å². The maximum Gasteiger partial charge on any atom is 0.280 e. The fourth-order valence-corrected chi connectivity index (χ4v) is 3.19. The molecule has 0 spiro atoms. The minimum absolute atomic E-state index is 0.0169. The molecule has 0 aliphatic heterocycles. The SMILES string of the molecule is Cc1cnc(C(=O)N[C@H]2CC[C@H](NC(=O)CCN)CC2)s1. The lowest BCUT2D eigenvalue weighted by molar-refractivity contribution is -0.121. The summed E-state index contributed by atoms with van der Waals surface area (Å²) >= 11 is 1.41. The van der Waals surface area contributed by atoms with E-state index in [2.05, 4.69) is 15.6 Å². The summed E-state index contributed by atoms with van der Waals surface area (Å²) in [4.78, 5) is 28.6. The van der Waals surface area contributed by atoms with Crippen LogP contribution >= 0.6 is 11.3 Å². The van der Waals surface area contributed by atoms with E-state index < -0.39 is 0 Å². The monoisotopic (exact) mass is 310 g/mol. The summed E-state index contributed by atoms with van der Waals surface area (Å²) in [7, 11) is 0. The zero-order valence-corrected chi connectivity index (χ0v) is 13.0. The first-order valence-electron chi connectivity index (χ1n) is 7.31. The standard InChI is InChI=1S/C14H22N4O2S/c1-9-8-16-14(21-9)13(20)18-11-4-2-10(3-5-11)17-12(19)6-7-15/h8,10-11H,2-7,15H2,1H3,(H,17,19)(H,18,20)/t10-,11-. The molecule has 0 atom stereocenters. The molecule has 0 saturated heterocycles. The zero-order valence-electron chi connectivity index (χ0n) is 12.2. The van der Waals surface area contributed by atoms with E-state index in [0.717, 1.165) is 30.6 Å². The Bertz CT molecular complexity index is 495. The Kier molecular flexibility index (Phi) is 5.69. The van der Waals surface area contributed by atoms with Crippen molar-refractivity contribution in [1.29, 1.82) is 0 Å². The Morgan fingerprint density at radius 3 is 2.43 bits per heavy atom. The summed E-state index contributed by atoms with van der Waals surface area (Å²) in [5.74, 6) is -0.0769. The Labute approximate surface area is 128 Å². The first-order valence-corrected chi connectivity index (χ1v) is 8.13. The number of nitrogens with two attached hydrogens (primary N) is 1. The number of hydrogen-bond donors (Lipinski definition) is 3. The normalized spacial score (nSPS) is 21.8. The third-order valence-electron chi connectivity index (χ3n) is 3.61. The topological polar surface area (TPSA) is 97.1 Å². The second kappa shape index (κ2) is 7.51. The number of carbonyl (C=O) groups is 2. The number of nitrogens with one attached hydrogen (secondary N) is 2. The van der Waals surface area contributed by atoms with E-state index in [4.69, 9.17) is 5.73 Å². The Morgan fingerprint density at radius 2 is 1.90 bits per heavy atom. The summed E-state index contributed by atoms with van der Waals surface area (Å²) in [5, 5.41) is 6.53. The maximum absolute atomic E-state index is 12.0. The molecular weight excluding hydrogens is 288 g/mol. The number of nitrogens with zero attached hydrogens (tertiary/aromatic N) is 1. The van der Waals surface area contributed by atoms with Gasteiger partial charge in [-0.1, -0.05) is 0 Å². The van der Waals surface area contributed by atoms with Gasteiger partial charge >= 0.3 is 0 Å². The number of thiazole rings is 1. The molecule has 1 aromatic heterocycles. The summed E-state index contributed by atoms with van der Waals surface area (Å²) in [6.07, 6.45) is 5.62. The molecule has 6 nitrogen and oxygen atoms in total. The minimum atomic E-state index is -0.0938. The molecule has 1 fully saturated rings. The van der Waals surface area contributed by atoms with Gasteiger partial charge in [0.05, 0.1) is 0 Å². The summed E-state index contributed by atoms with van der Waals surface area (Å²) < 4.78 is 0. The van der Waals surface area contributed by atoms with Gasteiger partial charge in [0.15, 0.2) is 5.01 Å². The first-order chi connectivity index (χ1) is 10.1. The molecule has 4 N–H and O–H groups in total. The molecular formula is C14H22N4O2S. The van der Waals surface area contributed by atoms with Crippen LogP contribution < -0.4 is 16.4 Å². The van der Waals surface area contributed by atoms with Gasteiger partial charge in [0.25, 0.3) is 5.91 Å². The smallest absolute Gasteiger partial charge is 0.280 e. The molecule has 1 aliphatic carbocycles. The Hall–Kier alpha value is -1.47. The summed E-state index contributed by atoms with van der Waals surface area (Å²) in [5.41, 5.74) is 5.36. The van der Waals surface area contributed by atoms with Crippen molar-refractivity contribution in [2.45, 2.75) is 51.1 Å². The van der Waals surface area contributed by atoms with E-state index in [1.807, 2.05) is 6.92 Å². The van der Waals surface area contributed by atoms with E-state index in [0.29, 0.717) is 18.0 Å². The van der Waals surface area contributed by atoms with Crippen molar-refractivity contribution in [2.75, 3.05) is 6.54 Å². The molecule has 1 heterocycles. The third kappa shape index (κ3) is 4.78. The van der Waals surface area contributed by atoms with Crippen LogP contribution in [-0.2, 0) is 4.79 Å². The summed E-state index contributed by atoms with van der Waals surface area (Å²) in [6, 6.07) is 0.378. The van der Waals surface area contributed by atoms with Crippen LogP contribution in [0.5, 0.6) is 0 Å². The van der Waals surface area contributed by atoms with Gasteiger partial charge in [-0.3, -0.25) is 9.59 Å². The highest BCUT2D eigenvalue weighted by molar-refractivity contribution is 7.13. The fourth-order valence-electron chi connectivity index (χ4n) is 2.52. The molecule has 1 aromatic rings. The molecule has 0 unspecified atom stereocenters. The number of aryl methyl sites for hydroxylation is 1. The molecule has 1 saturated carbocycles. The van der Waals surface area contributed by atoms with Crippen LogP contribution in [0.3, 0.4) is 0 Å². The predicted octanol–water partition coefficient (Wildman–Crippen LogP) is 0.958. The van der Waals surface area contributed by atoms with Gasteiger partial charge in [0.1, 0.15) is 0 Å². The Balaban J connectivity index is 1.74. The molecule has 2 rings (SSSR count). The lowest BCUT2D eigenvalue weighted by atomic mass is 9.91. The van der Waals surface area contributed by atoms with Crippen LogP contribution in [0.1, 0.15) is 46.8 Å². The van der Waals surface area contributed by atoms with E-state index >= 15 is 0 Å². The second-order valence-corrected chi connectivity index (χ2v) is 6.64. The highest BCUT2D eigenvalue weighted by atomic mass is 32.1. The average molecular weight is 310 g/mol. The van der Waals surface area contributed by atoms with Crippen molar-refractivity contribution in [2.24, 2.45) is 5.73 Å². The minimum Gasteiger partial charge on any atom is -0.353 e. The van der Waals surface area contributed by atoms with Crippen LogP contribution in [-0.4, -0.2) is 35.4 Å². The lowest BCUT2D eigenvalue weighted by Crippen LogP contribution is -2.44. The van der Waals surface area contributed by atoms with Crippen molar-refractivity contribution in [3.63, 3.8) is 0 Å². The van der Waals surface area contributed by atoms with Crippen molar-refractivity contribution in [3.05, 3.63) is 16.1 Å². The van der Waals surface area contributed by atoms with Gasteiger partial charge in [-0.15, -0.1) is 11.3 Å². The van der Waals surface area contributed by atoms with Gasteiger partial charge in [0.2, 0.25) is 5.91 Å². The fraction of sp³-hybridized carbons (Fsp3) is 0.643. The van der Waals surface area contributed by atoms with E-state index in [-0.39, 0.29) is 23.9 Å². The molecule has 2 amide bonds. The first kappa shape index (κ1) is 15.9. The molecule has 7 heteroatoms. The van der Waals surface area contributed by atoms with Gasteiger partial charge in [-0.25, -0.2) is 4.98 Å². The van der Waals surface area contributed by atoms with Crippen LogP contribution in [0.2, 0.25) is 0 Å². The lowest BCUT2D eigenvalue weighted by Gasteiger charge is -2.29. The van der Waals surface area contributed by atoms with Gasteiger partial charge < -0.3 is 16.4 Å². The van der Waals surface area contributed by atoms with Gasteiger partial charge in [-0.05, 0) is 32.6 Å². The van der Waals surface area contributed by atoms with Crippen LogP contribution in [0.4, 0.5) is 0 Å². The number of carbonyl (C=O) groups excluding carboxylic acids is 2. The average Bonchev–Trinajstić information content (AvgIpc) is 2.88. The van der Waals surface area contributed by atoms with E-state index in [1.165, 1.54) is 11.3 Å². The number of rotatable bonds is 5.